The van der Waals surface area contributed by atoms with Gasteiger partial charge >= 0.3 is 0 Å². The van der Waals surface area contributed by atoms with Crippen LogP contribution in [-0.4, -0.2) is 59.3 Å². The maximum Gasteiger partial charge on any atom is 0.244 e. The molecule has 3 rings (SSSR count). The summed E-state index contributed by atoms with van der Waals surface area (Å²) in [6.45, 7) is 4.50. The number of likely N-dealkylation sites (N-methyl/N-ethyl adjacent to an activating group) is 1. The van der Waals surface area contributed by atoms with Gasteiger partial charge in [0.2, 0.25) is 5.91 Å². The zero-order valence-corrected chi connectivity index (χ0v) is 14.5. The average Bonchev–Trinajstić information content (AvgIpc) is 3.00. The highest BCUT2D eigenvalue weighted by atomic mass is 16.5. The Balaban J connectivity index is 1.74. The van der Waals surface area contributed by atoms with Crippen LogP contribution in [0.4, 0.5) is 0 Å². The molecule has 1 aromatic heterocycles. The number of carbonyl (C=O) groups is 1. The number of amides is 1. The molecule has 1 saturated heterocycles. The molecule has 0 bridgehead atoms. The summed E-state index contributed by atoms with van der Waals surface area (Å²) in [4.78, 5) is 16.8. The standard InChI is InChI=1S/C18H24N4O2/c1-14-10-19-22(11-14)13-18(23)21-9-8-20(2)16(12-21)15-6-4-5-7-17(15)24-3/h4-7,10-11,16H,8-9,12-13H2,1-3H3/t16-/m0/s1. The van der Waals surface area contributed by atoms with Crippen molar-refractivity contribution in [1.82, 2.24) is 19.6 Å². The molecule has 1 amide bonds. The first kappa shape index (κ1) is 16.5. The molecule has 128 valence electrons. The fourth-order valence-electron chi connectivity index (χ4n) is 3.17. The van der Waals surface area contributed by atoms with Gasteiger partial charge in [0, 0.05) is 31.4 Å². The molecule has 6 heteroatoms. The van der Waals surface area contributed by atoms with E-state index in [4.69, 9.17) is 4.74 Å². The molecule has 0 N–H and O–H groups in total. The lowest BCUT2D eigenvalue weighted by atomic mass is 10.0. The number of hydrogen-bond acceptors (Lipinski definition) is 4. The Morgan fingerprint density at radius 1 is 1.33 bits per heavy atom. The van der Waals surface area contributed by atoms with Crippen LogP contribution in [0.15, 0.2) is 36.7 Å². The van der Waals surface area contributed by atoms with E-state index >= 15 is 0 Å². The van der Waals surface area contributed by atoms with E-state index in [2.05, 4.69) is 23.1 Å². The third-order valence-corrected chi connectivity index (χ3v) is 4.56. The number of piperazine rings is 1. The van der Waals surface area contributed by atoms with Crippen molar-refractivity contribution in [2.24, 2.45) is 0 Å². The Morgan fingerprint density at radius 2 is 2.12 bits per heavy atom. The Morgan fingerprint density at radius 3 is 2.83 bits per heavy atom. The van der Waals surface area contributed by atoms with Crippen LogP contribution in [0.2, 0.25) is 0 Å². The molecule has 2 aromatic rings. The summed E-state index contributed by atoms with van der Waals surface area (Å²) in [5.41, 5.74) is 2.18. The predicted molar refractivity (Wildman–Crippen MR) is 91.9 cm³/mol. The molecule has 2 heterocycles. The number of hydrogen-bond donors (Lipinski definition) is 0. The summed E-state index contributed by atoms with van der Waals surface area (Å²) < 4.78 is 7.20. The number of rotatable bonds is 4. The highest BCUT2D eigenvalue weighted by Crippen LogP contribution is 2.31. The largest absolute Gasteiger partial charge is 0.496 e. The number of aryl methyl sites for hydroxylation is 1. The van der Waals surface area contributed by atoms with Crippen molar-refractivity contribution in [3.8, 4) is 5.75 Å². The summed E-state index contributed by atoms with van der Waals surface area (Å²) in [6, 6.07) is 8.16. The minimum atomic E-state index is 0.103. The van der Waals surface area contributed by atoms with Gasteiger partial charge in [-0.15, -0.1) is 0 Å². The number of nitrogens with zero attached hydrogens (tertiary/aromatic N) is 4. The van der Waals surface area contributed by atoms with Gasteiger partial charge < -0.3 is 9.64 Å². The Bertz CT molecular complexity index is 713. The van der Waals surface area contributed by atoms with Crippen LogP contribution >= 0.6 is 0 Å². The van der Waals surface area contributed by atoms with E-state index in [1.54, 1.807) is 18.0 Å². The second-order valence-corrected chi connectivity index (χ2v) is 6.29. The minimum Gasteiger partial charge on any atom is -0.496 e. The smallest absolute Gasteiger partial charge is 0.244 e. The molecule has 1 aliphatic heterocycles. The molecule has 1 fully saturated rings. The fourth-order valence-corrected chi connectivity index (χ4v) is 3.17. The van der Waals surface area contributed by atoms with Crippen molar-refractivity contribution in [3.63, 3.8) is 0 Å². The van der Waals surface area contributed by atoms with Gasteiger partial charge in [0.1, 0.15) is 12.3 Å². The Kier molecular flexibility index (Phi) is 4.85. The number of ether oxygens (including phenoxy) is 1. The number of methoxy groups -OCH3 is 1. The van der Waals surface area contributed by atoms with Crippen LogP contribution in [0.5, 0.6) is 5.75 Å². The Labute approximate surface area is 142 Å². The third kappa shape index (κ3) is 3.43. The van der Waals surface area contributed by atoms with Gasteiger partial charge in [-0.3, -0.25) is 14.4 Å². The van der Waals surface area contributed by atoms with Gasteiger partial charge in [-0.2, -0.15) is 5.10 Å². The van der Waals surface area contributed by atoms with E-state index in [-0.39, 0.29) is 18.5 Å². The summed E-state index contributed by atoms with van der Waals surface area (Å²) in [5, 5.41) is 4.21. The van der Waals surface area contributed by atoms with Crippen LogP contribution in [0.1, 0.15) is 17.2 Å². The SMILES string of the molecule is COc1ccccc1[C@@H]1CN(C(=O)Cn2cc(C)cn2)CCN1C. The second-order valence-electron chi connectivity index (χ2n) is 6.29. The van der Waals surface area contributed by atoms with E-state index in [1.165, 1.54) is 0 Å². The van der Waals surface area contributed by atoms with Gasteiger partial charge in [0.25, 0.3) is 0 Å². The van der Waals surface area contributed by atoms with Gasteiger partial charge in [-0.1, -0.05) is 18.2 Å². The summed E-state index contributed by atoms with van der Waals surface area (Å²) in [5.74, 6) is 0.970. The van der Waals surface area contributed by atoms with Gasteiger partial charge in [-0.05, 0) is 25.6 Å². The van der Waals surface area contributed by atoms with Crippen molar-refractivity contribution < 1.29 is 9.53 Å². The van der Waals surface area contributed by atoms with Crippen LogP contribution in [-0.2, 0) is 11.3 Å². The average molecular weight is 328 g/mol. The quantitative estimate of drug-likeness (QED) is 0.857. The first-order chi connectivity index (χ1) is 11.6. The van der Waals surface area contributed by atoms with Crippen molar-refractivity contribution in [1.29, 1.82) is 0 Å². The van der Waals surface area contributed by atoms with Gasteiger partial charge in [-0.25, -0.2) is 0 Å². The maximum atomic E-state index is 12.6. The molecular weight excluding hydrogens is 304 g/mol. The zero-order valence-electron chi connectivity index (χ0n) is 14.5. The molecular formula is C18H24N4O2. The number of para-hydroxylation sites is 1. The normalized spacial score (nSPS) is 18.6. The maximum absolute atomic E-state index is 12.6. The predicted octanol–water partition coefficient (Wildman–Crippen LogP) is 1.72. The molecule has 6 nitrogen and oxygen atoms in total. The minimum absolute atomic E-state index is 0.103. The topological polar surface area (TPSA) is 50.6 Å². The van der Waals surface area contributed by atoms with Gasteiger partial charge in [0.15, 0.2) is 0 Å². The Hall–Kier alpha value is -2.34. The van der Waals surface area contributed by atoms with E-state index in [0.717, 1.165) is 30.0 Å². The molecule has 0 aliphatic carbocycles. The molecule has 0 radical (unpaired) electrons. The first-order valence-corrected chi connectivity index (χ1v) is 8.18. The van der Waals surface area contributed by atoms with Crippen LogP contribution in [0.3, 0.4) is 0 Å². The molecule has 0 saturated carbocycles. The highest BCUT2D eigenvalue weighted by molar-refractivity contribution is 5.76. The van der Waals surface area contributed by atoms with Crippen molar-refractivity contribution in [3.05, 3.63) is 47.8 Å². The van der Waals surface area contributed by atoms with Crippen molar-refractivity contribution >= 4 is 5.91 Å². The molecule has 1 aromatic carbocycles. The molecule has 24 heavy (non-hydrogen) atoms. The monoisotopic (exact) mass is 328 g/mol. The van der Waals surface area contributed by atoms with E-state index in [9.17, 15) is 4.79 Å². The lowest BCUT2D eigenvalue weighted by Crippen LogP contribution is -2.49. The second kappa shape index (κ2) is 7.05. The van der Waals surface area contributed by atoms with Crippen LogP contribution < -0.4 is 4.74 Å². The van der Waals surface area contributed by atoms with Gasteiger partial charge in [0.05, 0.1) is 19.3 Å². The zero-order chi connectivity index (χ0) is 17.1. The molecule has 1 aliphatic rings. The lowest BCUT2D eigenvalue weighted by Gasteiger charge is -2.40. The van der Waals surface area contributed by atoms with Crippen LogP contribution in [0.25, 0.3) is 0 Å². The number of benzene rings is 1. The van der Waals surface area contributed by atoms with E-state index in [0.29, 0.717) is 6.54 Å². The summed E-state index contributed by atoms with van der Waals surface area (Å²) >= 11 is 0. The van der Waals surface area contributed by atoms with Crippen molar-refractivity contribution in [2.45, 2.75) is 19.5 Å². The van der Waals surface area contributed by atoms with E-state index < -0.39 is 0 Å². The number of carbonyl (C=O) groups excluding carboxylic acids is 1. The molecule has 1 atom stereocenters. The molecule has 0 spiro atoms. The summed E-state index contributed by atoms with van der Waals surface area (Å²) in [6.07, 6.45) is 3.67. The molecule has 0 unspecified atom stereocenters. The van der Waals surface area contributed by atoms with Crippen molar-refractivity contribution in [2.75, 3.05) is 33.8 Å². The number of aromatic nitrogens is 2. The van der Waals surface area contributed by atoms with Crippen LogP contribution in [0, 0.1) is 6.92 Å². The lowest BCUT2D eigenvalue weighted by molar-refractivity contribution is -0.134. The third-order valence-electron chi connectivity index (χ3n) is 4.56. The highest BCUT2D eigenvalue weighted by Gasteiger charge is 2.30. The summed E-state index contributed by atoms with van der Waals surface area (Å²) in [7, 11) is 3.78. The fraction of sp³-hybridized carbons (Fsp3) is 0.444. The first-order valence-electron chi connectivity index (χ1n) is 8.18. The van der Waals surface area contributed by atoms with E-state index in [1.807, 2.05) is 36.2 Å².